The van der Waals surface area contributed by atoms with E-state index in [0.29, 0.717) is 0 Å². The van der Waals surface area contributed by atoms with Crippen LogP contribution in [-0.2, 0) is 6.42 Å². The van der Waals surface area contributed by atoms with E-state index >= 15 is 0 Å². The third kappa shape index (κ3) is 7.65. The molecule has 0 heterocycles. The number of aryl methyl sites for hydroxylation is 1. The van der Waals surface area contributed by atoms with Gasteiger partial charge in [0.2, 0.25) is 0 Å². The Hall–Kier alpha value is -1.40. The van der Waals surface area contributed by atoms with Gasteiger partial charge in [-0.3, -0.25) is 0 Å². The van der Waals surface area contributed by atoms with Crippen LogP contribution in [0.5, 0.6) is 0 Å². The van der Waals surface area contributed by atoms with E-state index in [4.69, 9.17) is 6.72 Å². The van der Waals surface area contributed by atoms with Crippen molar-refractivity contribution >= 4 is 12.4 Å². The van der Waals surface area contributed by atoms with Gasteiger partial charge in [0.1, 0.15) is 5.69 Å². The SMILES string of the molecule is CC.CC.[CH-]=[N+]=Nc1ccc(CC)cc1. The first kappa shape index (κ1) is 16.0. The van der Waals surface area contributed by atoms with E-state index < -0.39 is 0 Å². The minimum absolute atomic E-state index is 0.796. The van der Waals surface area contributed by atoms with E-state index in [9.17, 15) is 0 Å². The monoisotopic (exact) mass is 206 g/mol. The lowest BCUT2D eigenvalue weighted by Crippen LogP contribution is -1.75. The van der Waals surface area contributed by atoms with Gasteiger partial charge in [0, 0.05) is 0 Å². The summed E-state index contributed by atoms with van der Waals surface area (Å²) in [5.41, 5.74) is 2.09. The predicted molar refractivity (Wildman–Crippen MR) is 66.9 cm³/mol. The quantitative estimate of drug-likeness (QED) is 0.300. The van der Waals surface area contributed by atoms with Gasteiger partial charge >= 0.3 is 0 Å². The van der Waals surface area contributed by atoms with Crippen molar-refractivity contribution in [3.05, 3.63) is 29.8 Å². The van der Waals surface area contributed by atoms with Crippen LogP contribution in [0.2, 0.25) is 0 Å². The van der Waals surface area contributed by atoms with Crippen molar-refractivity contribution in [1.82, 2.24) is 0 Å². The lowest BCUT2D eigenvalue weighted by Gasteiger charge is -1.92. The Morgan fingerprint density at radius 1 is 1.07 bits per heavy atom. The van der Waals surface area contributed by atoms with E-state index in [-0.39, 0.29) is 0 Å². The summed E-state index contributed by atoms with van der Waals surface area (Å²) < 4.78 is 0. The Labute approximate surface area is 93.8 Å². The van der Waals surface area contributed by atoms with Crippen molar-refractivity contribution in [3.8, 4) is 0 Å². The van der Waals surface area contributed by atoms with Crippen LogP contribution in [0.15, 0.2) is 29.4 Å². The first-order valence-electron chi connectivity index (χ1n) is 5.56. The molecule has 0 saturated heterocycles. The maximum absolute atomic E-state index is 4.89. The average Bonchev–Trinajstić information content (AvgIpc) is 2.36. The van der Waals surface area contributed by atoms with Gasteiger partial charge in [-0.2, -0.15) is 4.79 Å². The van der Waals surface area contributed by atoms with Crippen LogP contribution in [0.4, 0.5) is 5.69 Å². The summed E-state index contributed by atoms with van der Waals surface area (Å²) in [4.78, 5) is 3.19. The molecule has 0 unspecified atom stereocenters. The molecule has 0 aliphatic rings. The summed E-state index contributed by atoms with van der Waals surface area (Å²) in [6.07, 6.45) is 1.04. The molecule has 0 spiro atoms. The molecule has 1 aromatic rings. The second-order valence-corrected chi connectivity index (χ2v) is 2.24. The van der Waals surface area contributed by atoms with E-state index in [0.717, 1.165) is 12.1 Å². The molecule has 1 aromatic carbocycles. The van der Waals surface area contributed by atoms with Crippen molar-refractivity contribution in [2.75, 3.05) is 0 Å². The molecule has 0 bridgehead atoms. The van der Waals surface area contributed by atoms with Crippen LogP contribution in [0.3, 0.4) is 0 Å². The molecule has 15 heavy (non-hydrogen) atoms. The maximum Gasteiger partial charge on any atom is 0.145 e. The number of hydrogen-bond donors (Lipinski definition) is 0. The van der Waals surface area contributed by atoms with Gasteiger partial charge in [0.05, 0.1) is 5.11 Å². The zero-order valence-corrected chi connectivity index (χ0v) is 10.5. The molecule has 0 N–H and O–H groups in total. The predicted octanol–water partition coefficient (Wildman–Crippen LogP) is 4.17. The molecular weight excluding hydrogens is 184 g/mol. The van der Waals surface area contributed by atoms with Crippen molar-refractivity contribution in [2.45, 2.75) is 41.0 Å². The number of nitrogens with zero attached hydrogens (tertiary/aromatic N) is 2. The fraction of sp³-hybridized carbons (Fsp3) is 0.462. The highest BCUT2D eigenvalue weighted by molar-refractivity contribution is 5.37. The van der Waals surface area contributed by atoms with Gasteiger partial charge in [-0.15, -0.1) is 0 Å². The largest absolute Gasteiger partial charge is 0.161 e. The highest BCUT2D eigenvalue weighted by Crippen LogP contribution is 2.11. The normalized spacial score (nSPS) is 7.27. The van der Waals surface area contributed by atoms with Crippen molar-refractivity contribution in [3.63, 3.8) is 0 Å². The minimum Gasteiger partial charge on any atom is -0.161 e. The summed E-state index contributed by atoms with van der Waals surface area (Å²) in [6, 6.07) is 7.83. The molecule has 0 atom stereocenters. The van der Waals surface area contributed by atoms with Gasteiger partial charge < -0.3 is 0 Å². The zero-order chi connectivity index (χ0) is 12.1. The molecule has 0 fully saturated rings. The van der Waals surface area contributed by atoms with E-state index in [2.05, 4.69) is 16.8 Å². The summed E-state index contributed by atoms with van der Waals surface area (Å²) >= 11 is 0. The van der Waals surface area contributed by atoms with Gasteiger partial charge in [-0.05, 0) is 30.8 Å². The summed E-state index contributed by atoms with van der Waals surface area (Å²) in [5.74, 6) is 0. The first-order chi connectivity index (χ1) is 7.36. The smallest absolute Gasteiger partial charge is 0.145 e. The van der Waals surface area contributed by atoms with Gasteiger partial charge in [-0.1, -0.05) is 46.8 Å². The maximum atomic E-state index is 4.89. The molecule has 0 amide bonds. The molecule has 0 aliphatic heterocycles. The number of rotatable bonds is 2. The topological polar surface area (TPSA) is 26.5 Å². The Morgan fingerprint density at radius 2 is 1.53 bits per heavy atom. The summed E-state index contributed by atoms with van der Waals surface area (Å²) in [6.45, 7) is 15.0. The number of benzene rings is 1. The van der Waals surface area contributed by atoms with Crippen LogP contribution in [0.1, 0.15) is 40.2 Å². The Bertz CT molecular complexity index is 269. The molecule has 0 saturated carbocycles. The lowest BCUT2D eigenvalue weighted by molar-refractivity contribution is -0.0631. The molecule has 2 heteroatoms. The van der Waals surface area contributed by atoms with Crippen LogP contribution >= 0.6 is 0 Å². The molecule has 0 aliphatic carbocycles. The Balaban J connectivity index is 0. The minimum atomic E-state index is 0.796. The molecule has 0 radical (unpaired) electrons. The van der Waals surface area contributed by atoms with Gasteiger partial charge in [0.25, 0.3) is 0 Å². The van der Waals surface area contributed by atoms with Crippen molar-refractivity contribution in [1.29, 1.82) is 0 Å². The second-order valence-electron chi connectivity index (χ2n) is 2.24. The third-order valence-corrected chi connectivity index (χ3v) is 1.52. The highest BCUT2D eigenvalue weighted by atomic mass is 15.0. The number of hydrogen-bond acceptors (Lipinski definition) is 1. The average molecular weight is 206 g/mol. The summed E-state index contributed by atoms with van der Waals surface area (Å²) in [7, 11) is 0. The zero-order valence-electron chi connectivity index (χ0n) is 10.5. The first-order valence-corrected chi connectivity index (χ1v) is 5.56. The standard InChI is InChI=1S/C9H10N2.2C2H6/c1-3-8-4-6-9(7-5-8)11-10-2;2*1-2/h2,4-7H,3H2,1H3;2*1-2H3. The van der Waals surface area contributed by atoms with E-state index in [1.807, 2.05) is 52.0 Å². The van der Waals surface area contributed by atoms with Crippen LogP contribution in [0.25, 0.3) is 0 Å². The fourth-order valence-electron chi connectivity index (χ4n) is 0.865. The van der Waals surface area contributed by atoms with E-state index in [1.165, 1.54) is 5.56 Å². The van der Waals surface area contributed by atoms with Gasteiger partial charge in [-0.25, -0.2) is 0 Å². The van der Waals surface area contributed by atoms with Crippen LogP contribution < -0.4 is 0 Å². The van der Waals surface area contributed by atoms with Crippen molar-refractivity contribution in [2.24, 2.45) is 5.11 Å². The second kappa shape index (κ2) is 12.6. The summed E-state index contributed by atoms with van der Waals surface area (Å²) in [5, 5.41) is 3.68. The third-order valence-electron chi connectivity index (χ3n) is 1.52. The fourth-order valence-corrected chi connectivity index (χ4v) is 0.865. The molecular formula is C13H22N2. The van der Waals surface area contributed by atoms with Crippen LogP contribution in [-0.4, -0.2) is 11.5 Å². The molecule has 1 rings (SSSR count). The highest BCUT2D eigenvalue weighted by Gasteiger charge is 1.91. The lowest BCUT2D eigenvalue weighted by atomic mass is 10.2. The van der Waals surface area contributed by atoms with Crippen molar-refractivity contribution < 1.29 is 4.79 Å². The molecule has 2 nitrogen and oxygen atoms in total. The van der Waals surface area contributed by atoms with E-state index in [1.54, 1.807) is 0 Å². The van der Waals surface area contributed by atoms with Gasteiger partial charge in [0.15, 0.2) is 0 Å². The Kier molecular flexibility index (Phi) is 13.5. The van der Waals surface area contributed by atoms with Crippen LogP contribution in [0, 0.1) is 0 Å². The molecule has 0 aromatic heterocycles. The Morgan fingerprint density at radius 3 is 1.87 bits per heavy atom. The molecule has 84 valence electrons.